The predicted molar refractivity (Wildman–Crippen MR) is 46.8 cm³/mol. The molecule has 0 aromatic rings. The van der Waals surface area contributed by atoms with Crippen LogP contribution in [0.25, 0.3) is 0 Å². The monoisotopic (exact) mass is 175 g/mol. The molecule has 1 aliphatic heterocycles. The highest BCUT2D eigenvalue weighted by molar-refractivity contribution is 6.29. The van der Waals surface area contributed by atoms with Crippen LogP contribution in [-0.2, 0) is 4.74 Å². The standard InChI is InChI=1S/C8H14ClNO/c1-6(9)5-10-8-3-4-11-7(8)2/h7-8,10H,1,3-5H2,2H3. The molecule has 11 heavy (non-hydrogen) atoms. The lowest BCUT2D eigenvalue weighted by Crippen LogP contribution is -2.35. The molecule has 0 aliphatic carbocycles. The molecular weight excluding hydrogens is 162 g/mol. The summed E-state index contributed by atoms with van der Waals surface area (Å²) in [5.74, 6) is 0. The second kappa shape index (κ2) is 4.10. The fourth-order valence-corrected chi connectivity index (χ4v) is 1.32. The number of hydrogen-bond donors (Lipinski definition) is 1. The van der Waals surface area contributed by atoms with Gasteiger partial charge in [0.2, 0.25) is 0 Å². The van der Waals surface area contributed by atoms with Gasteiger partial charge in [-0.1, -0.05) is 18.2 Å². The minimum Gasteiger partial charge on any atom is -0.377 e. The number of hydrogen-bond acceptors (Lipinski definition) is 2. The molecule has 0 aromatic heterocycles. The van der Waals surface area contributed by atoms with Gasteiger partial charge < -0.3 is 10.1 Å². The average molecular weight is 176 g/mol. The van der Waals surface area contributed by atoms with Gasteiger partial charge in [-0.3, -0.25) is 0 Å². The lowest BCUT2D eigenvalue weighted by atomic mass is 10.1. The van der Waals surface area contributed by atoms with Crippen LogP contribution in [0, 0.1) is 0 Å². The first-order chi connectivity index (χ1) is 5.20. The van der Waals surface area contributed by atoms with Crippen LogP contribution in [0.15, 0.2) is 11.6 Å². The van der Waals surface area contributed by atoms with E-state index in [1.54, 1.807) is 0 Å². The van der Waals surface area contributed by atoms with E-state index >= 15 is 0 Å². The summed E-state index contributed by atoms with van der Waals surface area (Å²) in [6, 6.07) is 0.450. The van der Waals surface area contributed by atoms with Gasteiger partial charge in [0.15, 0.2) is 0 Å². The number of rotatable bonds is 3. The fourth-order valence-electron chi connectivity index (χ4n) is 1.24. The molecule has 64 valence electrons. The van der Waals surface area contributed by atoms with Crippen molar-refractivity contribution in [3.63, 3.8) is 0 Å². The van der Waals surface area contributed by atoms with Gasteiger partial charge in [0.1, 0.15) is 0 Å². The first-order valence-corrected chi connectivity index (χ1v) is 4.26. The van der Waals surface area contributed by atoms with Crippen molar-refractivity contribution in [1.29, 1.82) is 0 Å². The van der Waals surface area contributed by atoms with Crippen LogP contribution < -0.4 is 5.32 Å². The molecule has 2 nitrogen and oxygen atoms in total. The van der Waals surface area contributed by atoms with E-state index in [0.29, 0.717) is 23.7 Å². The van der Waals surface area contributed by atoms with E-state index in [9.17, 15) is 0 Å². The highest BCUT2D eigenvalue weighted by Gasteiger charge is 2.22. The molecule has 0 bridgehead atoms. The summed E-state index contributed by atoms with van der Waals surface area (Å²) in [6.07, 6.45) is 1.39. The van der Waals surface area contributed by atoms with E-state index < -0.39 is 0 Å². The normalized spacial score (nSPS) is 30.7. The Kier molecular flexibility index (Phi) is 3.37. The molecule has 1 heterocycles. The van der Waals surface area contributed by atoms with Crippen molar-refractivity contribution in [2.75, 3.05) is 13.2 Å². The second-order valence-corrected chi connectivity index (χ2v) is 3.40. The van der Waals surface area contributed by atoms with Gasteiger partial charge in [-0.05, 0) is 13.3 Å². The van der Waals surface area contributed by atoms with Crippen molar-refractivity contribution in [3.05, 3.63) is 11.6 Å². The smallest absolute Gasteiger partial charge is 0.0700 e. The van der Waals surface area contributed by atoms with Crippen molar-refractivity contribution in [2.45, 2.75) is 25.5 Å². The van der Waals surface area contributed by atoms with E-state index in [1.165, 1.54) is 0 Å². The van der Waals surface area contributed by atoms with Crippen molar-refractivity contribution >= 4 is 11.6 Å². The van der Waals surface area contributed by atoms with E-state index in [2.05, 4.69) is 18.8 Å². The zero-order chi connectivity index (χ0) is 8.27. The van der Waals surface area contributed by atoms with Crippen LogP contribution in [0.3, 0.4) is 0 Å². The Hall–Kier alpha value is -0.0500. The number of halogens is 1. The van der Waals surface area contributed by atoms with Gasteiger partial charge >= 0.3 is 0 Å². The van der Waals surface area contributed by atoms with Gasteiger partial charge in [-0.25, -0.2) is 0 Å². The SMILES string of the molecule is C=C(Cl)CNC1CCOC1C. The fraction of sp³-hybridized carbons (Fsp3) is 0.750. The van der Waals surface area contributed by atoms with E-state index in [-0.39, 0.29) is 0 Å². The molecule has 2 unspecified atom stereocenters. The molecule has 1 rings (SSSR count). The highest BCUT2D eigenvalue weighted by atomic mass is 35.5. The molecule has 1 saturated heterocycles. The Morgan fingerprint density at radius 3 is 3.00 bits per heavy atom. The maximum absolute atomic E-state index is 5.61. The number of nitrogens with one attached hydrogen (secondary N) is 1. The third-order valence-electron chi connectivity index (χ3n) is 1.93. The molecular formula is C8H14ClNO. The van der Waals surface area contributed by atoms with Gasteiger partial charge in [0, 0.05) is 24.2 Å². The Morgan fingerprint density at radius 2 is 2.55 bits per heavy atom. The zero-order valence-electron chi connectivity index (χ0n) is 6.77. The van der Waals surface area contributed by atoms with E-state index in [1.807, 2.05) is 0 Å². The third kappa shape index (κ3) is 2.81. The van der Waals surface area contributed by atoms with E-state index in [0.717, 1.165) is 13.0 Å². The maximum atomic E-state index is 5.61. The predicted octanol–water partition coefficient (Wildman–Crippen LogP) is 1.51. The second-order valence-electron chi connectivity index (χ2n) is 2.87. The highest BCUT2D eigenvalue weighted by Crippen LogP contribution is 2.12. The molecule has 0 radical (unpaired) electrons. The average Bonchev–Trinajstić information content (AvgIpc) is 2.31. The molecule has 1 N–H and O–H groups in total. The minimum atomic E-state index is 0.311. The molecule has 0 aromatic carbocycles. The van der Waals surface area contributed by atoms with Crippen molar-refractivity contribution in [2.24, 2.45) is 0 Å². The molecule has 2 atom stereocenters. The summed E-state index contributed by atoms with van der Waals surface area (Å²) in [7, 11) is 0. The lowest BCUT2D eigenvalue weighted by molar-refractivity contribution is 0.114. The molecule has 0 amide bonds. The molecule has 0 spiro atoms. The van der Waals surface area contributed by atoms with Crippen LogP contribution in [-0.4, -0.2) is 25.3 Å². The van der Waals surface area contributed by atoms with Gasteiger partial charge in [-0.15, -0.1) is 0 Å². The third-order valence-corrected chi connectivity index (χ3v) is 2.07. The van der Waals surface area contributed by atoms with Crippen molar-refractivity contribution in [3.8, 4) is 0 Å². The summed E-state index contributed by atoms with van der Waals surface area (Å²) in [6.45, 7) is 7.21. The summed E-state index contributed by atoms with van der Waals surface area (Å²) in [5, 5.41) is 3.93. The van der Waals surface area contributed by atoms with Crippen LogP contribution in [0.2, 0.25) is 0 Å². The summed E-state index contributed by atoms with van der Waals surface area (Å²) in [5.41, 5.74) is 0. The van der Waals surface area contributed by atoms with E-state index in [4.69, 9.17) is 16.3 Å². The quantitative estimate of drug-likeness (QED) is 0.702. The van der Waals surface area contributed by atoms with Crippen molar-refractivity contribution < 1.29 is 4.74 Å². The van der Waals surface area contributed by atoms with Crippen LogP contribution >= 0.6 is 11.6 Å². The topological polar surface area (TPSA) is 21.3 Å². The van der Waals surface area contributed by atoms with Gasteiger partial charge in [-0.2, -0.15) is 0 Å². The minimum absolute atomic E-state index is 0.311. The Morgan fingerprint density at radius 1 is 1.82 bits per heavy atom. The van der Waals surface area contributed by atoms with Crippen LogP contribution in [0.4, 0.5) is 0 Å². The molecule has 1 aliphatic rings. The van der Waals surface area contributed by atoms with Gasteiger partial charge in [0.25, 0.3) is 0 Å². The summed E-state index contributed by atoms with van der Waals surface area (Å²) < 4.78 is 5.36. The van der Waals surface area contributed by atoms with Gasteiger partial charge in [0.05, 0.1) is 6.10 Å². The largest absolute Gasteiger partial charge is 0.377 e. The maximum Gasteiger partial charge on any atom is 0.0700 e. The van der Waals surface area contributed by atoms with Crippen LogP contribution in [0.5, 0.6) is 0 Å². The molecule has 0 saturated carbocycles. The summed E-state index contributed by atoms with van der Waals surface area (Å²) >= 11 is 5.61. The molecule has 1 fully saturated rings. The summed E-state index contributed by atoms with van der Waals surface area (Å²) in [4.78, 5) is 0. The first kappa shape index (κ1) is 9.04. The van der Waals surface area contributed by atoms with Crippen molar-refractivity contribution in [1.82, 2.24) is 5.32 Å². The number of ether oxygens (including phenoxy) is 1. The first-order valence-electron chi connectivity index (χ1n) is 3.88. The Labute approximate surface area is 72.6 Å². The molecule has 3 heteroatoms. The Balaban J connectivity index is 2.20. The van der Waals surface area contributed by atoms with Crippen LogP contribution in [0.1, 0.15) is 13.3 Å². The lowest BCUT2D eigenvalue weighted by Gasteiger charge is -2.14. The Bertz CT molecular complexity index is 149. The zero-order valence-corrected chi connectivity index (χ0v) is 7.53.